The maximum atomic E-state index is 4.85. The van der Waals surface area contributed by atoms with E-state index in [1.54, 1.807) is 0 Å². The summed E-state index contributed by atoms with van der Waals surface area (Å²) >= 11 is 0. The molecular formula is C25H35N7. The summed E-state index contributed by atoms with van der Waals surface area (Å²) in [6, 6.07) is 8.90. The van der Waals surface area contributed by atoms with Crippen LogP contribution in [0.2, 0.25) is 0 Å². The van der Waals surface area contributed by atoms with Crippen LogP contribution in [0, 0.1) is 6.92 Å². The molecule has 7 heteroatoms. The van der Waals surface area contributed by atoms with Crippen molar-refractivity contribution in [1.29, 1.82) is 0 Å². The van der Waals surface area contributed by atoms with Crippen LogP contribution in [-0.4, -0.2) is 44.9 Å². The molecule has 0 saturated heterocycles. The first-order valence-corrected chi connectivity index (χ1v) is 11.3. The van der Waals surface area contributed by atoms with Gasteiger partial charge in [-0.3, -0.25) is 4.99 Å². The second-order valence-corrected chi connectivity index (χ2v) is 8.17. The van der Waals surface area contributed by atoms with Gasteiger partial charge in [-0.15, -0.1) is 0 Å². The second kappa shape index (κ2) is 10.9. The summed E-state index contributed by atoms with van der Waals surface area (Å²) in [6.07, 6.45) is 6.80. The summed E-state index contributed by atoms with van der Waals surface area (Å²) in [7, 11) is 3.90. The predicted molar refractivity (Wildman–Crippen MR) is 134 cm³/mol. The highest BCUT2D eigenvalue weighted by molar-refractivity contribution is 6.02. The number of hydrogen-bond acceptors (Lipinski definition) is 6. The third-order valence-electron chi connectivity index (χ3n) is 5.56. The number of benzene rings is 1. The van der Waals surface area contributed by atoms with Gasteiger partial charge in [-0.05, 0) is 45.2 Å². The van der Waals surface area contributed by atoms with E-state index in [4.69, 9.17) is 9.98 Å². The summed E-state index contributed by atoms with van der Waals surface area (Å²) in [5.41, 5.74) is 5.27. The van der Waals surface area contributed by atoms with Gasteiger partial charge in [-0.1, -0.05) is 31.5 Å². The van der Waals surface area contributed by atoms with Crippen LogP contribution in [0.25, 0.3) is 11.4 Å². The molecule has 170 valence electrons. The average molecular weight is 434 g/mol. The van der Waals surface area contributed by atoms with Crippen molar-refractivity contribution in [3.05, 3.63) is 53.7 Å². The highest BCUT2D eigenvalue weighted by Crippen LogP contribution is 2.25. The second-order valence-electron chi connectivity index (χ2n) is 8.17. The van der Waals surface area contributed by atoms with Gasteiger partial charge in [0.25, 0.3) is 0 Å². The molecule has 7 nitrogen and oxygen atoms in total. The smallest absolute Gasteiger partial charge is 0.145 e. The molecule has 0 aliphatic heterocycles. The molecule has 0 amide bonds. The Bertz CT molecular complexity index is 1050. The zero-order chi connectivity index (χ0) is 23.1. The number of aryl methyl sites for hydroxylation is 2. The van der Waals surface area contributed by atoms with Gasteiger partial charge >= 0.3 is 0 Å². The lowest BCUT2D eigenvalue weighted by atomic mass is 10.1. The van der Waals surface area contributed by atoms with Gasteiger partial charge < -0.3 is 15.2 Å². The topological polar surface area (TPSA) is 80.0 Å². The Hall–Kier alpha value is -3.22. The lowest BCUT2D eigenvalue weighted by Gasteiger charge is -2.17. The zero-order valence-corrected chi connectivity index (χ0v) is 20.1. The molecule has 2 aromatic heterocycles. The van der Waals surface area contributed by atoms with Gasteiger partial charge in [0.2, 0.25) is 0 Å². The predicted octanol–water partition coefficient (Wildman–Crippen LogP) is 4.88. The SMILES string of the molecule is CCCc1ccccc1NC(C)CCN=C(C)c1nc(-c2cnc(C)nc2)n(C)c1NC. The van der Waals surface area contributed by atoms with Crippen LogP contribution in [0.15, 0.2) is 41.7 Å². The van der Waals surface area contributed by atoms with Crippen molar-refractivity contribution >= 4 is 17.2 Å². The Morgan fingerprint density at radius 3 is 2.59 bits per heavy atom. The highest BCUT2D eigenvalue weighted by Gasteiger charge is 2.17. The minimum atomic E-state index is 0.331. The lowest BCUT2D eigenvalue weighted by molar-refractivity contribution is 0.715. The molecule has 0 fully saturated rings. The third-order valence-corrected chi connectivity index (χ3v) is 5.56. The molecule has 3 aromatic rings. The molecule has 1 aromatic carbocycles. The Labute approximate surface area is 191 Å². The maximum Gasteiger partial charge on any atom is 0.145 e. The Morgan fingerprint density at radius 1 is 1.19 bits per heavy atom. The molecule has 1 unspecified atom stereocenters. The van der Waals surface area contributed by atoms with Crippen molar-refractivity contribution in [3.63, 3.8) is 0 Å². The number of imidazole rings is 1. The summed E-state index contributed by atoms with van der Waals surface area (Å²) < 4.78 is 2.03. The van der Waals surface area contributed by atoms with E-state index in [1.165, 1.54) is 11.3 Å². The van der Waals surface area contributed by atoms with E-state index >= 15 is 0 Å². The first kappa shape index (κ1) is 23.4. The molecule has 0 saturated carbocycles. The van der Waals surface area contributed by atoms with E-state index in [-0.39, 0.29) is 0 Å². The van der Waals surface area contributed by atoms with Crippen LogP contribution in [0.5, 0.6) is 0 Å². The van der Waals surface area contributed by atoms with E-state index in [0.29, 0.717) is 6.04 Å². The molecule has 2 heterocycles. The van der Waals surface area contributed by atoms with Gasteiger partial charge in [0.1, 0.15) is 23.2 Å². The van der Waals surface area contributed by atoms with Crippen molar-refractivity contribution < 1.29 is 0 Å². The molecule has 32 heavy (non-hydrogen) atoms. The number of aliphatic imine (C=N–C) groups is 1. The minimum Gasteiger partial charge on any atom is -0.382 e. The van der Waals surface area contributed by atoms with Crippen LogP contribution >= 0.6 is 0 Å². The summed E-state index contributed by atoms with van der Waals surface area (Å²) in [4.78, 5) is 18.3. The molecule has 0 aliphatic carbocycles. The minimum absolute atomic E-state index is 0.331. The van der Waals surface area contributed by atoms with E-state index in [9.17, 15) is 0 Å². The monoisotopic (exact) mass is 433 g/mol. The van der Waals surface area contributed by atoms with Gasteiger partial charge in [-0.2, -0.15) is 0 Å². The molecule has 0 radical (unpaired) electrons. The number of para-hydroxylation sites is 1. The fraction of sp³-hybridized carbons (Fsp3) is 0.440. The average Bonchev–Trinajstić information content (AvgIpc) is 3.12. The van der Waals surface area contributed by atoms with Crippen LogP contribution < -0.4 is 10.6 Å². The van der Waals surface area contributed by atoms with Gasteiger partial charge in [0, 0.05) is 44.8 Å². The fourth-order valence-electron chi connectivity index (χ4n) is 3.79. The Kier molecular flexibility index (Phi) is 7.98. The summed E-state index contributed by atoms with van der Waals surface area (Å²) in [6.45, 7) is 9.06. The molecular weight excluding hydrogens is 398 g/mol. The number of hydrogen-bond donors (Lipinski definition) is 2. The quantitative estimate of drug-likeness (QED) is 0.446. The molecule has 0 spiro atoms. The molecule has 0 bridgehead atoms. The zero-order valence-electron chi connectivity index (χ0n) is 20.1. The maximum absolute atomic E-state index is 4.85. The van der Waals surface area contributed by atoms with Crippen LogP contribution in [-0.2, 0) is 13.5 Å². The van der Waals surface area contributed by atoms with Gasteiger partial charge in [0.15, 0.2) is 0 Å². The fourth-order valence-corrected chi connectivity index (χ4v) is 3.79. The largest absolute Gasteiger partial charge is 0.382 e. The van der Waals surface area contributed by atoms with E-state index in [1.807, 2.05) is 44.9 Å². The molecule has 3 rings (SSSR count). The Balaban J connectivity index is 1.69. The number of nitrogens with zero attached hydrogens (tertiary/aromatic N) is 5. The third kappa shape index (κ3) is 5.52. The lowest BCUT2D eigenvalue weighted by Crippen LogP contribution is -2.17. The van der Waals surface area contributed by atoms with E-state index in [2.05, 4.69) is 58.7 Å². The van der Waals surface area contributed by atoms with E-state index in [0.717, 1.165) is 60.2 Å². The Morgan fingerprint density at radius 2 is 1.91 bits per heavy atom. The van der Waals surface area contributed by atoms with E-state index < -0.39 is 0 Å². The van der Waals surface area contributed by atoms with Crippen LogP contribution in [0.3, 0.4) is 0 Å². The van der Waals surface area contributed by atoms with Crippen molar-refractivity contribution in [3.8, 4) is 11.4 Å². The number of anilines is 2. The molecule has 1 atom stereocenters. The van der Waals surface area contributed by atoms with Gasteiger partial charge in [0.05, 0.1) is 11.3 Å². The number of rotatable bonds is 10. The number of aromatic nitrogens is 4. The van der Waals surface area contributed by atoms with Crippen molar-refractivity contribution in [1.82, 2.24) is 19.5 Å². The number of nitrogens with one attached hydrogen (secondary N) is 2. The van der Waals surface area contributed by atoms with Crippen molar-refractivity contribution in [2.75, 3.05) is 24.2 Å². The van der Waals surface area contributed by atoms with Gasteiger partial charge in [-0.25, -0.2) is 15.0 Å². The first-order valence-electron chi connectivity index (χ1n) is 11.3. The summed E-state index contributed by atoms with van der Waals surface area (Å²) in [5, 5.41) is 6.92. The summed E-state index contributed by atoms with van der Waals surface area (Å²) in [5.74, 6) is 2.50. The molecule has 2 N–H and O–H groups in total. The van der Waals surface area contributed by atoms with Crippen LogP contribution in [0.4, 0.5) is 11.5 Å². The standard InChI is InChI=1S/C25H35N7/c1-7-10-20-11-8-9-12-22(20)30-17(2)13-14-27-18(3)23-25(26-5)32(6)24(31-23)21-15-28-19(4)29-16-21/h8-9,11-12,15-17,26,30H,7,10,13-14H2,1-6H3. The van der Waals surface area contributed by atoms with Crippen LogP contribution in [0.1, 0.15) is 50.7 Å². The highest BCUT2D eigenvalue weighted by atomic mass is 15.2. The molecule has 0 aliphatic rings. The van der Waals surface area contributed by atoms with Crippen molar-refractivity contribution in [2.24, 2.45) is 12.0 Å². The van der Waals surface area contributed by atoms with Crippen molar-refractivity contribution in [2.45, 2.75) is 53.0 Å². The normalized spacial score (nSPS) is 12.6. The first-order chi connectivity index (χ1) is 15.4.